The van der Waals surface area contributed by atoms with Crippen LogP contribution in [0, 0.1) is 0 Å². The molecule has 0 heterocycles. The summed E-state index contributed by atoms with van der Waals surface area (Å²) in [7, 11) is 0. The van der Waals surface area contributed by atoms with Crippen LogP contribution >= 0.6 is 0 Å². The third-order valence-electron chi connectivity index (χ3n) is 5.22. The van der Waals surface area contributed by atoms with Crippen LogP contribution in [0.2, 0.25) is 0 Å². The summed E-state index contributed by atoms with van der Waals surface area (Å²) in [5.74, 6) is 1.07. The molecule has 0 aliphatic heterocycles. The predicted molar refractivity (Wildman–Crippen MR) is 132 cm³/mol. The highest BCUT2D eigenvalue weighted by molar-refractivity contribution is 6.06. The van der Waals surface area contributed by atoms with Crippen molar-refractivity contribution in [1.82, 2.24) is 0 Å². The Morgan fingerprint density at radius 3 is 1.94 bits per heavy atom. The van der Waals surface area contributed by atoms with Gasteiger partial charge in [-0.25, -0.2) is 0 Å². The van der Waals surface area contributed by atoms with Crippen LogP contribution < -0.4 is 14.8 Å². The maximum atomic E-state index is 12.9. The van der Waals surface area contributed by atoms with E-state index in [9.17, 15) is 4.79 Å². The minimum atomic E-state index is -0.216. The first-order valence-electron chi connectivity index (χ1n) is 11.1. The number of benzene rings is 4. The summed E-state index contributed by atoms with van der Waals surface area (Å²) in [4.78, 5) is 12.9. The van der Waals surface area contributed by atoms with Crippen molar-refractivity contribution in [2.45, 2.75) is 12.8 Å². The fourth-order valence-electron chi connectivity index (χ4n) is 3.50. The Labute approximate surface area is 194 Å². The van der Waals surface area contributed by atoms with Gasteiger partial charge in [0, 0.05) is 24.6 Å². The van der Waals surface area contributed by atoms with Crippen LogP contribution in [0.4, 0.5) is 5.69 Å². The molecule has 0 aliphatic carbocycles. The molecule has 166 valence electrons. The highest BCUT2D eigenvalue weighted by atomic mass is 16.5. The van der Waals surface area contributed by atoms with Crippen LogP contribution in [0.3, 0.4) is 0 Å². The lowest BCUT2D eigenvalue weighted by atomic mass is 10.1. The molecule has 0 aliphatic rings. The quantitative estimate of drug-likeness (QED) is 0.322. The van der Waals surface area contributed by atoms with Gasteiger partial charge in [0.1, 0.15) is 11.5 Å². The van der Waals surface area contributed by atoms with Gasteiger partial charge in [-0.2, -0.15) is 0 Å². The molecule has 0 saturated heterocycles. The molecule has 0 saturated carbocycles. The molecular formula is C29H27NO3. The molecule has 0 radical (unpaired) electrons. The van der Waals surface area contributed by atoms with Gasteiger partial charge in [-0.15, -0.1) is 0 Å². The van der Waals surface area contributed by atoms with Gasteiger partial charge in [0.05, 0.1) is 18.8 Å². The maximum Gasteiger partial charge on any atom is 0.259 e. The van der Waals surface area contributed by atoms with Gasteiger partial charge >= 0.3 is 0 Å². The van der Waals surface area contributed by atoms with Crippen molar-refractivity contribution < 1.29 is 14.3 Å². The highest BCUT2D eigenvalue weighted by Crippen LogP contribution is 2.22. The standard InChI is InChI=1S/C29H27NO3/c31-29(27-16-7-8-17-28(27)33-21-19-24-12-5-2-6-13-24)30-25-14-9-15-26(22-25)32-20-18-23-10-3-1-4-11-23/h1-17,22H,18-21H2,(H,30,31). The number of rotatable bonds is 10. The molecule has 4 aromatic rings. The Bertz CT molecular complexity index is 1160. The van der Waals surface area contributed by atoms with Crippen LogP contribution in [0.5, 0.6) is 11.5 Å². The Hall–Kier alpha value is -4.05. The number of carbonyl (C=O) groups excluding carboxylic acids is 1. The van der Waals surface area contributed by atoms with Crippen molar-refractivity contribution in [1.29, 1.82) is 0 Å². The lowest BCUT2D eigenvalue weighted by Crippen LogP contribution is -2.14. The normalized spacial score (nSPS) is 10.4. The molecule has 1 N–H and O–H groups in total. The van der Waals surface area contributed by atoms with Gasteiger partial charge in [-0.1, -0.05) is 78.9 Å². The van der Waals surface area contributed by atoms with E-state index in [1.54, 1.807) is 6.07 Å². The zero-order chi connectivity index (χ0) is 22.7. The molecule has 0 aromatic heterocycles. The fraction of sp³-hybridized carbons (Fsp3) is 0.138. The third kappa shape index (κ3) is 6.71. The topological polar surface area (TPSA) is 47.6 Å². The van der Waals surface area contributed by atoms with Gasteiger partial charge in [0.2, 0.25) is 0 Å². The van der Waals surface area contributed by atoms with Crippen LogP contribution in [0.1, 0.15) is 21.5 Å². The van der Waals surface area contributed by atoms with E-state index >= 15 is 0 Å². The number of anilines is 1. The van der Waals surface area contributed by atoms with E-state index in [1.165, 1.54) is 11.1 Å². The van der Waals surface area contributed by atoms with Crippen LogP contribution in [-0.2, 0) is 12.8 Å². The molecule has 0 unspecified atom stereocenters. The van der Waals surface area contributed by atoms with Gasteiger partial charge in [-0.3, -0.25) is 4.79 Å². The number of hydrogen-bond donors (Lipinski definition) is 1. The van der Waals surface area contributed by atoms with Crippen molar-refractivity contribution in [2.24, 2.45) is 0 Å². The van der Waals surface area contributed by atoms with E-state index in [-0.39, 0.29) is 5.91 Å². The molecule has 0 spiro atoms. The molecule has 4 aromatic carbocycles. The Kier molecular flexibility index (Phi) is 7.74. The van der Waals surface area contributed by atoms with E-state index in [2.05, 4.69) is 29.6 Å². The molecule has 4 rings (SSSR count). The maximum absolute atomic E-state index is 12.9. The van der Waals surface area contributed by atoms with Gasteiger partial charge in [0.25, 0.3) is 5.91 Å². The summed E-state index contributed by atoms with van der Waals surface area (Å²) in [6.07, 6.45) is 1.60. The van der Waals surface area contributed by atoms with Crippen molar-refractivity contribution in [3.05, 3.63) is 126 Å². The SMILES string of the molecule is O=C(Nc1cccc(OCCc2ccccc2)c1)c1ccccc1OCCc1ccccc1. The number of carbonyl (C=O) groups is 1. The molecule has 0 fully saturated rings. The summed E-state index contributed by atoms with van der Waals surface area (Å²) >= 11 is 0. The molecule has 1 amide bonds. The average Bonchev–Trinajstić information content (AvgIpc) is 2.86. The van der Waals surface area contributed by atoms with Crippen LogP contribution in [0.25, 0.3) is 0 Å². The van der Waals surface area contributed by atoms with Crippen molar-refractivity contribution >= 4 is 11.6 Å². The van der Waals surface area contributed by atoms with E-state index in [4.69, 9.17) is 9.47 Å². The second-order valence-corrected chi connectivity index (χ2v) is 7.65. The minimum Gasteiger partial charge on any atom is -0.493 e. The predicted octanol–water partition coefficient (Wildman–Crippen LogP) is 6.18. The molecular weight excluding hydrogens is 410 g/mol. The molecule has 33 heavy (non-hydrogen) atoms. The number of nitrogens with one attached hydrogen (secondary N) is 1. The number of amides is 1. The monoisotopic (exact) mass is 437 g/mol. The number of ether oxygens (including phenoxy) is 2. The van der Waals surface area contributed by atoms with Crippen molar-refractivity contribution in [3.8, 4) is 11.5 Å². The van der Waals surface area contributed by atoms with Gasteiger partial charge in [0.15, 0.2) is 0 Å². The minimum absolute atomic E-state index is 0.216. The molecule has 4 nitrogen and oxygen atoms in total. The van der Waals surface area contributed by atoms with Crippen LogP contribution in [0.15, 0.2) is 109 Å². The summed E-state index contributed by atoms with van der Waals surface area (Å²) < 4.78 is 11.8. The second kappa shape index (κ2) is 11.5. The lowest BCUT2D eigenvalue weighted by Gasteiger charge is -2.13. The van der Waals surface area contributed by atoms with Crippen molar-refractivity contribution in [2.75, 3.05) is 18.5 Å². The summed E-state index contributed by atoms with van der Waals surface area (Å²) in [6.45, 7) is 1.07. The summed E-state index contributed by atoms with van der Waals surface area (Å²) in [5, 5.41) is 2.96. The Morgan fingerprint density at radius 1 is 0.636 bits per heavy atom. The second-order valence-electron chi connectivity index (χ2n) is 7.65. The van der Waals surface area contributed by atoms with Crippen molar-refractivity contribution in [3.63, 3.8) is 0 Å². The Balaban J connectivity index is 1.33. The summed E-state index contributed by atoms with van der Waals surface area (Å²) in [6, 6.07) is 35.1. The molecule has 0 atom stereocenters. The Morgan fingerprint density at radius 2 is 1.24 bits per heavy atom. The average molecular weight is 438 g/mol. The smallest absolute Gasteiger partial charge is 0.259 e. The van der Waals surface area contributed by atoms with E-state index in [0.29, 0.717) is 30.2 Å². The first-order valence-corrected chi connectivity index (χ1v) is 11.1. The summed E-state index contributed by atoms with van der Waals surface area (Å²) in [5.41, 5.74) is 3.60. The fourth-order valence-corrected chi connectivity index (χ4v) is 3.50. The first kappa shape index (κ1) is 22.2. The number of para-hydroxylation sites is 1. The number of hydrogen-bond acceptors (Lipinski definition) is 3. The largest absolute Gasteiger partial charge is 0.493 e. The van der Waals surface area contributed by atoms with E-state index in [0.717, 1.165) is 18.6 Å². The van der Waals surface area contributed by atoms with E-state index in [1.807, 2.05) is 78.9 Å². The molecule has 4 heteroatoms. The van der Waals surface area contributed by atoms with Gasteiger partial charge < -0.3 is 14.8 Å². The lowest BCUT2D eigenvalue weighted by molar-refractivity contribution is 0.102. The molecule has 0 bridgehead atoms. The third-order valence-corrected chi connectivity index (χ3v) is 5.22. The zero-order valence-corrected chi connectivity index (χ0v) is 18.4. The van der Waals surface area contributed by atoms with E-state index < -0.39 is 0 Å². The van der Waals surface area contributed by atoms with Crippen LogP contribution in [-0.4, -0.2) is 19.1 Å². The first-order chi connectivity index (χ1) is 16.3. The zero-order valence-electron chi connectivity index (χ0n) is 18.4. The van der Waals surface area contributed by atoms with Gasteiger partial charge in [-0.05, 0) is 35.4 Å². The highest BCUT2D eigenvalue weighted by Gasteiger charge is 2.13.